The van der Waals surface area contributed by atoms with Gasteiger partial charge in [-0.05, 0) is 35.4 Å². The number of hydrogen-bond acceptors (Lipinski definition) is 4. The van der Waals surface area contributed by atoms with E-state index in [1.807, 2.05) is 48.5 Å². The van der Waals surface area contributed by atoms with Gasteiger partial charge in [0.05, 0.1) is 33.6 Å². The molecule has 0 saturated heterocycles. The molecule has 0 aliphatic heterocycles. The first-order chi connectivity index (χ1) is 15.6. The number of nitrogens with zero attached hydrogens (tertiary/aromatic N) is 6. The molecule has 8 heteroatoms. The molecule has 0 atom stereocenters. The number of aromatic nitrogens is 2. The van der Waals surface area contributed by atoms with Crippen LogP contribution in [0.4, 0.5) is 11.4 Å². The van der Waals surface area contributed by atoms with Crippen LogP contribution in [0, 0.1) is 10.8 Å². The summed E-state index contributed by atoms with van der Waals surface area (Å²) in [6.07, 6.45) is 0. The number of diazo groups is 2. The number of fused-ring (bicyclic) bond motifs is 2. The van der Waals surface area contributed by atoms with Gasteiger partial charge in [0.1, 0.15) is 0 Å². The zero-order valence-corrected chi connectivity index (χ0v) is 16.8. The van der Waals surface area contributed by atoms with Crippen LogP contribution in [-0.2, 0) is 13.1 Å². The summed E-state index contributed by atoms with van der Waals surface area (Å²) < 4.78 is 3.13. The molecule has 0 unspecified atom stereocenters. The van der Waals surface area contributed by atoms with Crippen molar-refractivity contribution >= 4 is 33.2 Å². The van der Waals surface area contributed by atoms with Gasteiger partial charge in [0.2, 0.25) is 10.8 Å². The smallest absolute Gasteiger partial charge is 0.402 e. The summed E-state index contributed by atoms with van der Waals surface area (Å²) in [7, 11) is 0. The Kier molecular flexibility index (Phi) is 4.47. The van der Waals surface area contributed by atoms with Crippen molar-refractivity contribution in [2.45, 2.75) is 13.1 Å². The quantitative estimate of drug-likeness (QED) is 0.388. The second kappa shape index (κ2) is 7.46. The second-order valence-electron chi connectivity index (χ2n) is 7.53. The molecule has 8 nitrogen and oxygen atoms in total. The molecule has 0 amide bonds. The van der Waals surface area contributed by atoms with E-state index in [-0.39, 0.29) is 36.2 Å². The van der Waals surface area contributed by atoms with Gasteiger partial charge in [0.15, 0.2) is 9.95 Å². The molecule has 5 aromatic rings. The highest BCUT2D eigenvalue weighted by Gasteiger charge is 2.21. The summed E-state index contributed by atoms with van der Waals surface area (Å²) in [6, 6.07) is 21.9. The first-order valence-electron chi connectivity index (χ1n) is 9.97. The minimum Gasteiger partial charge on any atom is -0.854 e. The van der Waals surface area contributed by atoms with Gasteiger partial charge in [-0.3, -0.25) is 0 Å². The summed E-state index contributed by atoms with van der Waals surface area (Å²) in [5.41, 5.74) is 3.13. The van der Waals surface area contributed by atoms with Gasteiger partial charge in [0.25, 0.3) is 0 Å². The van der Waals surface area contributed by atoms with Gasteiger partial charge in [0, 0.05) is 13.1 Å². The van der Waals surface area contributed by atoms with Crippen LogP contribution in [0.2, 0.25) is 0 Å². The monoisotopic (exact) mass is 420 g/mol. The molecule has 0 bridgehead atoms. The molecule has 0 aliphatic rings. The number of hydrogen-bond donors (Lipinski definition) is 0. The molecule has 0 spiro atoms. The first-order valence-corrected chi connectivity index (χ1v) is 9.97. The average Bonchev–Trinajstić information content (AvgIpc) is 3.24. The molecular weight excluding hydrogens is 404 g/mol. The van der Waals surface area contributed by atoms with Crippen molar-refractivity contribution in [2.75, 3.05) is 0 Å². The first kappa shape index (κ1) is 19.2. The summed E-state index contributed by atoms with van der Waals surface area (Å²) in [5.74, 6) is -0.738. The summed E-state index contributed by atoms with van der Waals surface area (Å²) >= 11 is 0. The molecular formula is C24H16N6O2. The fourth-order valence-corrected chi connectivity index (χ4v) is 4.22. The molecule has 2 heterocycles. The third-order valence-corrected chi connectivity index (χ3v) is 5.67. The Balaban J connectivity index is 1.53. The van der Waals surface area contributed by atoms with Crippen molar-refractivity contribution in [2.24, 2.45) is 0 Å². The highest BCUT2D eigenvalue weighted by atomic mass is 16.3. The standard InChI is InChI=1S/C24H16N6O2/c25-27-21-17-8-1-3-10-19(17)29(23(21)31)13-15-6-5-7-16(12-15)14-30-20-11-4-2-9-18(20)22(28-26)24(30)32/h1-12H,13-14H2. The van der Waals surface area contributed by atoms with Crippen molar-refractivity contribution < 1.29 is 10.2 Å². The fraction of sp³-hybridized carbons (Fsp3) is 0.0833. The topological polar surface area (TPSA) is 112 Å². The largest absolute Gasteiger partial charge is 0.854 e. The van der Waals surface area contributed by atoms with Gasteiger partial charge in [-0.2, -0.15) is 0 Å². The Morgan fingerprint density at radius 3 is 1.50 bits per heavy atom. The van der Waals surface area contributed by atoms with Gasteiger partial charge in [-0.15, -0.1) is 0 Å². The van der Waals surface area contributed by atoms with E-state index in [2.05, 4.69) is 9.95 Å². The van der Waals surface area contributed by atoms with E-state index in [1.54, 1.807) is 33.4 Å². The molecule has 0 radical (unpaired) electrons. The molecule has 5 rings (SSSR count). The van der Waals surface area contributed by atoms with Crippen molar-refractivity contribution in [3.05, 3.63) is 93.9 Å². The van der Waals surface area contributed by atoms with Crippen LogP contribution in [-0.4, -0.2) is 9.13 Å². The van der Waals surface area contributed by atoms with Crippen LogP contribution in [0.1, 0.15) is 11.1 Å². The Morgan fingerprint density at radius 1 is 0.625 bits per heavy atom. The summed E-state index contributed by atoms with van der Waals surface area (Å²) in [5, 5.41) is 45.3. The minimum absolute atomic E-state index is 0.0202. The number of benzene rings is 3. The lowest BCUT2D eigenvalue weighted by molar-refractivity contribution is -0.277. The zero-order valence-electron chi connectivity index (χ0n) is 16.8. The summed E-state index contributed by atoms with van der Waals surface area (Å²) in [6.45, 7) is 0.577. The maximum Gasteiger partial charge on any atom is 0.402 e. The third-order valence-electron chi connectivity index (χ3n) is 5.67. The number of rotatable bonds is 4. The number of para-hydroxylation sites is 2. The van der Waals surface area contributed by atoms with Crippen LogP contribution in [0.3, 0.4) is 0 Å². The molecule has 0 aliphatic carbocycles. The predicted octanol–water partition coefficient (Wildman–Crippen LogP) is 4.81. The Morgan fingerprint density at radius 2 is 1.06 bits per heavy atom. The van der Waals surface area contributed by atoms with Crippen LogP contribution in [0.25, 0.3) is 31.8 Å². The molecule has 0 fully saturated rings. The van der Waals surface area contributed by atoms with E-state index in [1.165, 1.54) is 0 Å². The second-order valence-corrected chi connectivity index (χ2v) is 7.53. The van der Waals surface area contributed by atoms with Crippen LogP contribution < -0.4 is 10.2 Å². The van der Waals surface area contributed by atoms with Crippen molar-refractivity contribution in [1.82, 2.24) is 9.13 Å². The predicted molar refractivity (Wildman–Crippen MR) is 117 cm³/mol. The molecule has 3 aromatic carbocycles. The van der Waals surface area contributed by atoms with Crippen LogP contribution in [0.15, 0.2) is 72.8 Å². The van der Waals surface area contributed by atoms with E-state index >= 15 is 0 Å². The Bertz CT molecular complexity index is 1470. The van der Waals surface area contributed by atoms with Gasteiger partial charge in [-0.25, -0.2) is 0 Å². The highest BCUT2D eigenvalue weighted by Crippen LogP contribution is 2.38. The van der Waals surface area contributed by atoms with E-state index in [4.69, 9.17) is 0 Å². The van der Waals surface area contributed by atoms with E-state index in [0.29, 0.717) is 21.8 Å². The van der Waals surface area contributed by atoms with E-state index in [0.717, 1.165) is 11.1 Å². The average molecular weight is 420 g/mol. The molecule has 2 aromatic heterocycles. The molecule has 0 N–H and O–H groups in total. The lowest BCUT2D eigenvalue weighted by Gasteiger charge is -2.15. The van der Waals surface area contributed by atoms with Gasteiger partial charge < -0.3 is 19.3 Å². The third kappa shape index (κ3) is 2.91. The van der Waals surface area contributed by atoms with E-state index < -0.39 is 0 Å². The summed E-state index contributed by atoms with van der Waals surface area (Å²) in [4.78, 5) is 6.36. The van der Waals surface area contributed by atoms with Crippen molar-refractivity contribution in [1.29, 1.82) is 10.8 Å². The molecule has 0 saturated carbocycles. The zero-order chi connectivity index (χ0) is 22.2. The highest BCUT2D eigenvalue weighted by molar-refractivity contribution is 5.97. The van der Waals surface area contributed by atoms with Crippen LogP contribution in [0.5, 0.6) is 11.8 Å². The van der Waals surface area contributed by atoms with Gasteiger partial charge in [-0.1, -0.05) is 48.5 Å². The van der Waals surface area contributed by atoms with Crippen molar-refractivity contribution in [3.8, 4) is 11.8 Å². The molecule has 32 heavy (non-hydrogen) atoms. The fourth-order valence-electron chi connectivity index (χ4n) is 4.22. The lowest BCUT2D eigenvalue weighted by Crippen LogP contribution is -2.07. The Hall–Kier alpha value is -4.82. The SMILES string of the molecule is N#[N+]c1c([O-])n(Cc2cccc(Cn3c([O-])c([N+]#N)c4ccccc43)c2)c2ccccc12. The normalized spacial score (nSPS) is 10.9. The van der Waals surface area contributed by atoms with Crippen LogP contribution >= 0.6 is 0 Å². The van der Waals surface area contributed by atoms with Crippen molar-refractivity contribution in [3.63, 3.8) is 0 Å². The van der Waals surface area contributed by atoms with E-state index in [9.17, 15) is 21.0 Å². The maximum atomic E-state index is 12.8. The Labute approximate surface area is 182 Å². The molecule has 154 valence electrons. The van der Waals surface area contributed by atoms with Gasteiger partial charge >= 0.3 is 11.4 Å². The minimum atomic E-state index is -0.369. The maximum absolute atomic E-state index is 12.8. The lowest BCUT2D eigenvalue weighted by atomic mass is 10.1.